The number of hydrogen-bond acceptors (Lipinski definition) is 4. The number of carbonyl (C=O) groups excluding carboxylic acids is 2. The first-order chi connectivity index (χ1) is 11.1. The average molecular weight is 377 g/mol. The van der Waals surface area contributed by atoms with Gasteiger partial charge in [0.1, 0.15) is 5.75 Å². The van der Waals surface area contributed by atoms with Crippen molar-refractivity contribution in [3.63, 3.8) is 0 Å². The van der Waals surface area contributed by atoms with Gasteiger partial charge in [-0.05, 0) is 29.3 Å². The molecule has 2 rings (SSSR count). The zero-order chi connectivity index (χ0) is 16.8. The topological polar surface area (TPSA) is 52.6 Å². The van der Waals surface area contributed by atoms with Gasteiger partial charge in [-0.15, -0.1) is 0 Å². The highest BCUT2D eigenvalue weighted by Crippen LogP contribution is 2.31. The van der Waals surface area contributed by atoms with Gasteiger partial charge < -0.3 is 9.47 Å². The van der Waals surface area contributed by atoms with Crippen molar-refractivity contribution in [3.05, 3.63) is 53.6 Å². The maximum Gasteiger partial charge on any atom is 0.309 e. The molecule has 0 aliphatic carbocycles. The van der Waals surface area contributed by atoms with E-state index in [1.54, 1.807) is 25.3 Å². The number of methoxy groups -OCH3 is 2. The number of rotatable bonds is 6. The molecule has 0 heterocycles. The number of benzene rings is 2. The summed E-state index contributed by atoms with van der Waals surface area (Å²) in [6.07, 6.45) is 0.201. The third kappa shape index (κ3) is 4.20. The van der Waals surface area contributed by atoms with E-state index >= 15 is 0 Å². The van der Waals surface area contributed by atoms with Crippen LogP contribution in [0.4, 0.5) is 0 Å². The third-order valence-corrected chi connectivity index (χ3v) is 3.97. The maximum absolute atomic E-state index is 11.9. The van der Waals surface area contributed by atoms with Gasteiger partial charge in [0.15, 0.2) is 5.78 Å². The second-order valence-electron chi connectivity index (χ2n) is 4.93. The first kappa shape index (κ1) is 17.2. The molecule has 23 heavy (non-hydrogen) atoms. The van der Waals surface area contributed by atoms with Crippen LogP contribution in [0.5, 0.6) is 5.75 Å². The third-order valence-electron chi connectivity index (χ3n) is 3.46. The number of halogens is 1. The highest BCUT2D eigenvalue weighted by molar-refractivity contribution is 9.09. The van der Waals surface area contributed by atoms with Crippen molar-refractivity contribution in [3.8, 4) is 16.9 Å². The lowest BCUT2D eigenvalue weighted by Gasteiger charge is -2.11. The van der Waals surface area contributed by atoms with Crippen LogP contribution in [0.25, 0.3) is 11.1 Å². The van der Waals surface area contributed by atoms with E-state index in [1.807, 2.05) is 24.3 Å². The molecule has 5 heteroatoms. The van der Waals surface area contributed by atoms with Crippen molar-refractivity contribution >= 4 is 27.7 Å². The van der Waals surface area contributed by atoms with Gasteiger partial charge in [0, 0.05) is 11.1 Å². The lowest BCUT2D eigenvalue weighted by molar-refractivity contribution is -0.139. The van der Waals surface area contributed by atoms with Crippen LogP contribution in [0.2, 0.25) is 0 Å². The summed E-state index contributed by atoms with van der Waals surface area (Å²) in [7, 11) is 2.95. The van der Waals surface area contributed by atoms with E-state index in [1.165, 1.54) is 7.11 Å². The van der Waals surface area contributed by atoms with E-state index in [0.29, 0.717) is 11.3 Å². The number of alkyl halides is 1. The zero-order valence-electron chi connectivity index (χ0n) is 13.0. The monoisotopic (exact) mass is 376 g/mol. The minimum atomic E-state index is -0.294. The van der Waals surface area contributed by atoms with Crippen LogP contribution in [0, 0.1) is 0 Å². The number of Topliss-reactive ketones (excluding diaryl/α,β-unsaturated/α-hetero) is 1. The number of ether oxygens (including phenoxy) is 2. The number of esters is 1. The summed E-state index contributed by atoms with van der Waals surface area (Å²) >= 11 is 3.18. The maximum atomic E-state index is 11.9. The Balaban J connectivity index is 2.45. The summed E-state index contributed by atoms with van der Waals surface area (Å²) < 4.78 is 10.1. The fourth-order valence-corrected chi connectivity index (χ4v) is 2.60. The smallest absolute Gasteiger partial charge is 0.309 e. The second kappa shape index (κ2) is 7.92. The van der Waals surface area contributed by atoms with Crippen molar-refractivity contribution < 1.29 is 19.1 Å². The standard InChI is InChI=1S/C18H17BrO4/c1-22-17-7-6-14(16(20)11-19)10-15(17)13-5-3-4-12(8-13)9-18(21)23-2/h3-8,10H,9,11H2,1-2H3. The predicted octanol–water partition coefficient (Wildman–Crippen LogP) is 3.66. The molecule has 0 radical (unpaired) electrons. The quantitative estimate of drug-likeness (QED) is 0.438. The summed E-state index contributed by atoms with van der Waals surface area (Å²) in [6, 6.07) is 12.9. The van der Waals surface area contributed by atoms with Gasteiger partial charge in [0.2, 0.25) is 0 Å². The summed E-state index contributed by atoms with van der Waals surface area (Å²) in [5.74, 6) is 0.378. The molecule has 0 fully saturated rings. The highest BCUT2D eigenvalue weighted by Gasteiger charge is 2.12. The molecule has 0 saturated heterocycles. The second-order valence-corrected chi connectivity index (χ2v) is 5.49. The largest absolute Gasteiger partial charge is 0.496 e. The minimum absolute atomic E-state index is 0.000353. The molecule has 120 valence electrons. The molecular formula is C18H17BrO4. The van der Waals surface area contributed by atoms with E-state index in [4.69, 9.17) is 9.47 Å². The highest BCUT2D eigenvalue weighted by atomic mass is 79.9. The summed E-state index contributed by atoms with van der Waals surface area (Å²) in [5, 5.41) is 0.265. The summed E-state index contributed by atoms with van der Waals surface area (Å²) in [6.45, 7) is 0. The molecule has 0 aliphatic heterocycles. The summed E-state index contributed by atoms with van der Waals surface area (Å²) in [5.41, 5.74) is 3.14. The van der Waals surface area contributed by atoms with E-state index in [-0.39, 0.29) is 23.5 Å². The van der Waals surface area contributed by atoms with Crippen LogP contribution in [0.3, 0.4) is 0 Å². The van der Waals surface area contributed by atoms with Gasteiger partial charge in [-0.1, -0.05) is 40.2 Å². The Morgan fingerprint density at radius 3 is 2.52 bits per heavy atom. The molecule has 0 amide bonds. The first-order valence-corrected chi connectivity index (χ1v) is 8.14. The van der Waals surface area contributed by atoms with Gasteiger partial charge >= 0.3 is 5.97 Å². The van der Waals surface area contributed by atoms with Crippen molar-refractivity contribution in [2.45, 2.75) is 6.42 Å². The lowest BCUT2D eigenvalue weighted by atomic mass is 9.98. The molecule has 0 N–H and O–H groups in total. The van der Waals surface area contributed by atoms with Gasteiger partial charge in [0.05, 0.1) is 26.0 Å². The van der Waals surface area contributed by atoms with Crippen LogP contribution in [0.1, 0.15) is 15.9 Å². The molecular weight excluding hydrogens is 360 g/mol. The Bertz CT molecular complexity index is 725. The Morgan fingerprint density at radius 1 is 1.09 bits per heavy atom. The van der Waals surface area contributed by atoms with Crippen molar-refractivity contribution in [2.75, 3.05) is 19.5 Å². The molecule has 4 nitrogen and oxygen atoms in total. The molecule has 0 saturated carbocycles. The molecule has 0 spiro atoms. The number of ketones is 1. The van der Waals surface area contributed by atoms with Crippen LogP contribution in [-0.4, -0.2) is 31.3 Å². The van der Waals surface area contributed by atoms with Gasteiger partial charge in [-0.2, -0.15) is 0 Å². The van der Waals surface area contributed by atoms with E-state index < -0.39 is 0 Å². The van der Waals surface area contributed by atoms with Crippen LogP contribution < -0.4 is 4.74 Å². The Labute approximate surface area is 143 Å². The van der Waals surface area contributed by atoms with Crippen LogP contribution in [0.15, 0.2) is 42.5 Å². The SMILES string of the molecule is COC(=O)Cc1cccc(-c2cc(C(=O)CBr)ccc2OC)c1. The van der Waals surface area contributed by atoms with Crippen molar-refractivity contribution in [2.24, 2.45) is 0 Å². The van der Waals surface area contributed by atoms with Crippen molar-refractivity contribution in [1.29, 1.82) is 0 Å². The zero-order valence-corrected chi connectivity index (χ0v) is 14.6. The number of carbonyl (C=O) groups is 2. The lowest BCUT2D eigenvalue weighted by Crippen LogP contribution is -2.04. The fraction of sp³-hybridized carbons (Fsp3) is 0.222. The Kier molecular flexibility index (Phi) is 5.93. The molecule has 0 aromatic heterocycles. The van der Waals surface area contributed by atoms with Crippen LogP contribution in [-0.2, 0) is 16.0 Å². The van der Waals surface area contributed by atoms with E-state index in [9.17, 15) is 9.59 Å². The fourth-order valence-electron chi connectivity index (χ4n) is 2.27. The number of hydrogen-bond donors (Lipinski definition) is 0. The van der Waals surface area contributed by atoms with E-state index in [0.717, 1.165) is 16.7 Å². The molecule has 0 atom stereocenters. The predicted molar refractivity (Wildman–Crippen MR) is 92.3 cm³/mol. The minimum Gasteiger partial charge on any atom is -0.496 e. The summed E-state index contributed by atoms with van der Waals surface area (Å²) in [4.78, 5) is 23.3. The normalized spacial score (nSPS) is 10.2. The van der Waals surface area contributed by atoms with Gasteiger partial charge in [-0.25, -0.2) is 0 Å². The first-order valence-electron chi connectivity index (χ1n) is 7.02. The van der Waals surface area contributed by atoms with Crippen molar-refractivity contribution in [1.82, 2.24) is 0 Å². The van der Waals surface area contributed by atoms with Crippen LogP contribution >= 0.6 is 15.9 Å². The molecule has 0 bridgehead atoms. The van der Waals surface area contributed by atoms with Gasteiger partial charge in [0.25, 0.3) is 0 Å². The average Bonchev–Trinajstić information content (AvgIpc) is 2.60. The molecule has 0 aliphatic rings. The molecule has 2 aromatic rings. The van der Waals surface area contributed by atoms with E-state index in [2.05, 4.69) is 15.9 Å². The Hall–Kier alpha value is -2.14. The molecule has 2 aromatic carbocycles. The molecule has 0 unspecified atom stereocenters. The Morgan fingerprint density at radius 2 is 1.87 bits per heavy atom. The van der Waals surface area contributed by atoms with Gasteiger partial charge in [-0.3, -0.25) is 9.59 Å².